The Hall–Kier alpha value is -2.05. The monoisotopic (exact) mass is 666 g/mol. The Morgan fingerprint density at radius 3 is 0.783 bits per heavy atom. The van der Waals surface area contributed by atoms with Gasteiger partial charge in [0, 0.05) is 56.4 Å². The Morgan fingerprint density at radius 2 is 0.630 bits per heavy atom. The van der Waals surface area contributed by atoms with Crippen LogP contribution in [0.5, 0.6) is 0 Å². The third-order valence-electron chi connectivity index (χ3n) is 8.15. The van der Waals surface area contributed by atoms with Gasteiger partial charge in [0.2, 0.25) is 0 Å². The van der Waals surface area contributed by atoms with Gasteiger partial charge >= 0.3 is 17.4 Å². The second kappa shape index (κ2) is 35.8. The molecule has 0 amide bonds. The van der Waals surface area contributed by atoms with Gasteiger partial charge in [0.05, 0.1) is 0 Å². The van der Waals surface area contributed by atoms with Crippen molar-refractivity contribution in [2.24, 2.45) is 17.8 Å². The third kappa shape index (κ3) is 38.1. The second-order valence-electron chi connectivity index (χ2n) is 12.1. The van der Waals surface area contributed by atoms with Gasteiger partial charge in [0.1, 0.15) is 17.3 Å². The molecule has 264 valence electrons. The van der Waals surface area contributed by atoms with Crippen LogP contribution in [0.1, 0.15) is 176 Å². The summed E-state index contributed by atoms with van der Waals surface area (Å²) in [7, 11) is 0. The number of ketones is 3. The molecule has 0 fully saturated rings. The van der Waals surface area contributed by atoms with Crippen LogP contribution in [0.4, 0.5) is 0 Å². The molecule has 0 aromatic rings. The first-order valence-corrected chi connectivity index (χ1v) is 17.4. The first kappa shape index (κ1) is 50.8. The number of carboxylic acid groups (broad SMARTS) is 3. The molecule has 0 aliphatic heterocycles. The van der Waals surface area contributed by atoms with E-state index in [9.17, 15) is 44.1 Å². The number of hydrogen-bond donors (Lipinski definition) is 0. The Balaban J connectivity index is -0.000000285. The van der Waals surface area contributed by atoms with E-state index >= 15 is 0 Å². The molecule has 0 bridgehead atoms. The predicted molar refractivity (Wildman–Crippen MR) is 177 cm³/mol. The number of hydrogen-bond acceptors (Lipinski definition) is 9. The molecule has 3 unspecified atom stereocenters. The number of carboxylic acids is 3. The number of aliphatic carboxylic acids is 3. The van der Waals surface area contributed by atoms with Crippen molar-refractivity contribution in [2.75, 3.05) is 0 Å². The van der Waals surface area contributed by atoms with Crippen LogP contribution in [0.25, 0.3) is 0 Å². The molecule has 0 rings (SSSR count). The summed E-state index contributed by atoms with van der Waals surface area (Å²) in [5.41, 5.74) is 0. The summed E-state index contributed by atoms with van der Waals surface area (Å²) in [6.07, 6.45) is 16.1. The normalized spacial score (nSPS) is 12.1. The summed E-state index contributed by atoms with van der Waals surface area (Å²) in [4.78, 5) is 63.9. The first-order chi connectivity index (χ1) is 21.3. The molecular weight excluding hydrogens is 603 g/mol. The molecule has 0 aliphatic rings. The van der Waals surface area contributed by atoms with Crippen LogP contribution in [0.15, 0.2) is 0 Å². The van der Waals surface area contributed by atoms with Crippen molar-refractivity contribution in [1.29, 1.82) is 0 Å². The SMILES string of the molecule is CCCCC(CC)CCC(=O)CC(=O)[O-].CCCCC(CC)CCC(=O)CC(=O)[O-].CCCCC(CC)CCC(=O)CC(=O)[O-].[Al+3]. The van der Waals surface area contributed by atoms with Gasteiger partial charge in [0.25, 0.3) is 0 Å². The average molecular weight is 667 g/mol. The van der Waals surface area contributed by atoms with Crippen LogP contribution in [0.2, 0.25) is 0 Å². The molecule has 10 heteroatoms. The summed E-state index contributed by atoms with van der Waals surface area (Å²) in [6.45, 7) is 12.8. The Morgan fingerprint density at radius 1 is 0.413 bits per heavy atom. The average Bonchev–Trinajstić information content (AvgIpc) is 2.97. The fourth-order valence-corrected chi connectivity index (χ4v) is 4.98. The number of Topliss-reactive ketones (excluding diaryl/α,β-unsaturated/α-hetero) is 3. The third-order valence-corrected chi connectivity index (χ3v) is 8.15. The molecule has 0 aliphatic carbocycles. The minimum atomic E-state index is -1.26. The Labute approximate surface area is 290 Å². The number of carbonyl (C=O) groups is 6. The van der Waals surface area contributed by atoms with Gasteiger partial charge in [0.15, 0.2) is 0 Å². The van der Waals surface area contributed by atoms with Crippen LogP contribution in [0.3, 0.4) is 0 Å². The van der Waals surface area contributed by atoms with Crippen molar-refractivity contribution in [3.63, 3.8) is 0 Å². The molecule has 46 heavy (non-hydrogen) atoms. The molecule has 0 saturated carbocycles. The fraction of sp³-hybridized carbons (Fsp3) is 0.833. The number of rotatable bonds is 27. The molecule has 0 heterocycles. The Bertz CT molecular complexity index is 709. The van der Waals surface area contributed by atoms with Crippen molar-refractivity contribution < 1.29 is 44.1 Å². The van der Waals surface area contributed by atoms with Crippen molar-refractivity contribution in [1.82, 2.24) is 0 Å². The van der Waals surface area contributed by atoms with E-state index < -0.39 is 37.2 Å². The maximum absolute atomic E-state index is 11.1. The van der Waals surface area contributed by atoms with Crippen LogP contribution in [-0.2, 0) is 28.8 Å². The van der Waals surface area contributed by atoms with Crippen molar-refractivity contribution in [3.8, 4) is 0 Å². The molecule has 0 N–H and O–H groups in total. The van der Waals surface area contributed by atoms with E-state index in [1.807, 2.05) is 0 Å². The minimum absolute atomic E-state index is 0. The smallest absolute Gasteiger partial charge is 0.550 e. The van der Waals surface area contributed by atoms with Crippen LogP contribution in [-0.4, -0.2) is 52.6 Å². The second-order valence-corrected chi connectivity index (χ2v) is 12.1. The summed E-state index contributed by atoms with van der Waals surface area (Å²) in [6, 6.07) is 0. The maximum Gasteiger partial charge on any atom is 3.00 e. The van der Waals surface area contributed by atoms with Crippen molar-refractivity contribution >= 4 is 52.6 Å². The maximum atomic E-state index is 11.1. The largest absolute Gasteiger partial charge is 3.00 e. The topological polar surface area (TPSA) is 172 Å². The van der Waals surface area contributed by atoms with Crippen molar-refractivity contribution in [2.45, 2.75) is 176 Å². The van der Waals surface area contributed by atoms with Crippen LogP contribution >= 0.6 is 0 Å². The zero-order valence-corrected chi connectivity index (χ0v) is 31.0. The quantitative estimate of drug-likeness (QED) is 0.0890. The van der Waals surface area contributed by atoms with E-state index in [4.69, 9.17) is 0 Å². The molecule has 3 atom stereocenters. The van der Waals surface area contributed by atoms with E-state index in [1.165, 1.54) is 38.5 Å². The minimum Gasteiger partial charge on any atom is -0.550 e. The number of carbonyl (C=O) groups excluding carboxylic acids is 6. The summed E-state index contributed by atoms with van der Waals surface area (Å²) >= 11 is 0. The molecule has 0 radical (unpaired) electrons. The number of unbranched alkanes of at least 4 members (excludes halogenated alkanes) is 3. The van der Waals surface area contributed by atoms with Gasteiger partial charge in [-0.1, -0.05) is 119 Å². The van der Waals surface area contributed by atoms with E-state index in [0.29, 0.717) is 37.0 Å². The molecule has 0 aromatic heterocycles. The van der Waals surface area contributed by atoms with Gasteiger partial charge in [-0.25, -0.2) is 0 Å². The van der Waals surface area contributed by atoms with Gasteiger partial charge in [-0.05, 0) is 37.0 Å². The van der Waals surface area contributed by atoms with E-state index in [2.05, 4.69) is 41.5 Å². The molecular formula is C36H63AlO9. The van der Waals surface area contributed by atoms with Crippen molar-refractivity contribution in [3.05, 3.63) is 0 Å². The molecule has 9 nitrogen and oxygen atoms in total. The van der Waals surface area contributed by atoms with Gasteiger partial charge in [-0.15, -0.1) is 0 Å². The first-order valence-electron chi connectivity index (χ1n) is 17.4. The molecule has 0 saturated heterocycles. The van der Waals surface area contributed by atoms with Gasteiger partial charge in [-0.2, -0.15) is 0 Å². The van der Waals surface area contributed by atoms with E-state index in [1.54, 1.807) is 0 Å². The fourth-order valence-electron chi connectivity index (χ4n) is 4.98. The van der Waals surface area contributed by atoms with Crippen LogP contribution in [0, 0.1) is 17.8 Å². The predicted octanol–water partition coefficient (Wildman–Crippen LogP) is 4.70. The molecule has 0 aromatic carbocycles. The Kier molecular flexibility index (Phi) is 39.5. The van der Waals surface area contributed by atoms with Gasteiger partial charge < -0.3 is 29.7 Å². The summed E-state index contributed by atoms with van der Waals surface area (Å²) in [5, 5.41) is 30.5. The molecule has 0 spiro atoms. The van der Waals surface area contributed by atoms with Gasteiger partial charge in [-0.3, -0.25) is 14.4 Å². The zero-order chi connectivity index (χ0) is 35.0. The zero-order valence-electron chi connectivity index (χ0n) is 29.8. The standard InChI is InChI=1S/3C12H22O3.Al/c3*1-3-5-6-10(4-2)7-8-11(13)9-12(14)15;/h3*10H,3-9H2,1-2H3,(H,14,15);/q;;;+3/p-3. The van der Waals surface area contributed by atoms with E-state index in [0.717, 1.165) is 57.8 Å². The summed E-state index contributed by atoms with van der Waals surface area (Å²) in [5.74, 6) is -2.70. The summed E-state index contributed by atoms with van der Waals surface area (Å²) < 4.78 is 0. The van der Waals surface area contributed by atoms with E-state index in [-0.39, 0.29) is 34.7 Å². The van der Waals surface area contributed by atoms with Crippen LogP contribution < -0.4 is 15.3 Å².